The van der Waals surface area contributed by atoms with Crippen LogP contribution in [0.5, 0.6) is 0 Å². The van der Waals surface area contributed by atoms with Crippen LogP contribution in [0.4, 0.5) is 0 Å². The van der Waals surface area contributed by atoms with E-state index in [4.69, 9.17) is 10.5 Å². The lowest BCUT2D eigenvalue weighted by molar-refractivity contribution is -0.146. The summed E-state index contributed by atoms with van der Waals surface area (Å²) in [5, 5.41) is 7.56. The lowest BCUT2D eigenvalue weighted by Crippen LogP contribution is -2.42. The summed E-state index contributed by atoms with van der Waals surface area (Å²) >= 11 is 0. The van der Waals surface area contributed by atoms with Crippen molar-refractivity contribution in [2.45, 2.75) is 44.8 Å². The highest BCUT2D eigenvalue weighted by Crippen LogP contribution is 2.25. The standard InChI is InChI=1S/C27H30N4O4/c1-35-27(34)21-11-13-22(14-12-21)29-25(32)23-15-24(20-9-7-18(16-28)8-10-20)30-31(26(23)33)17-19-5-3-2-4-6-19/h2-10,15,21-22H,11-14,16-17,28H2,1H3,(H,29,32). The molecule has 0 atom stereocenters. The number of esters is 1. The highest BCUT2D eigenvalue weighted by molar-refractivity contribution is 5.95. The van der Waals surface area contributed by atoms with Crippen molar-refractivity contribution in [2.75, 3.05) is 7.11 Å². The summed E-state index contributed by atoms with van der Waals surface area (Å²) in [6.07, 6.45) is 2.60. The fourth-order valence-corrected chi connectivity index (χ4v) is 4.42. The van der Waals surface area contributed by atoms with Gasteiger partial charge in [0.05, 0.1) is 25.3 Å². The van der Waals surface area contributed by atoms with Crippen LogP contribution in [0.2, 0.25) is 0 Å². The highest BCUT2D eigenvalue weighted by Gasteiger charge is 2.28. The first-order chi connectivity index (χ1) is 17.0. The molecule has 1 fully saturated rings. The topological polar surface area (TPSA) is 116 Å². The normalized spacial score (nSPS) is 17.5. The smallest absolute Gasteiger partial charge is 0.308 e. The van der Waals surface area contributed by atoms with Crippen molar-refractivity contribution in [3.63, 3.8) is 0 Å². The third-order valence-electron chi connectivity index (χ3n) is 6.48. The second kappa shape index (κ2) is 11.1. The molecule has 1 amide bonds. The molecule has 2 aromatic carbocycles. The van der Waals surface area contributed by atoms with Crippen LogP contribution in [0.25, 0.3) is 11.3 Å². The number of benzene rings is 2. The second-order valence-electron chi connectivity index (χ2n) is 8.84. The third-order valence-corrected chi connectivity index (χ3v) is 6.48. The molecule has 1 aliphatic rings. The van der Waals surface area contributed by atoms with Crippen LogP contribution in [-0.4, -0.2) is 34.8 Å². The summed E-state index contributed by atoms with van der Waals surface area (Å²) in [4.78, 5) is 38.3. The molecule has 1 aromatic heterocycles. The predicted molar refractivity (Wildman–Crippen MR) is 133 cm³/mol. The van der Waals surface area contributed by atoms with E-state index in [1.807, 2.05) is 54.6 Å². The molecule has 0 bridgehead atoms. The number of ether oxygens (including phenoxy) is 1. The largest absolute Gasteiger partial charge is 0.469 e. The summed E-state index contributed by atoms with van der Waals surface area (Å²) in [5.41, 5.74) is 8.52. The fraction of sp³-hybridized carbons (Fsp3) is 0.333. The number of nitrogens with two attached hydrogens (primary N) is 1. The van der Waals surface area contributed by atoms with E-state index in [9.17, 15) is 14.4 Å². The molecule has 0 saturated heterocycles. The van der Waals surface area contributed by atoms with Crippen molar-refractivity contribution < 1.29 is 14.3 Å². The molecule has 3 N–H and O–H groups in total. The van der Waals surface area contributed by atoms with Crippen molar-refractivity contribution in [1.82, 2.24) is 15.1 Å². The molecule has 1 heterocycles. The summed E-state index contributed by atoms with van der Waals surface area (Å²) < 4.78 is 6.18. The van der Waals surface area contributed by atoms with Gasteiger partial charge in [0.15, 0.2) is 0 Å². The van der Waals surface area contributed by atoms with Crippen molar-refractivity contribution in [2.24, 2.45) is 11.7 Å². The van der Waals surface area contributed by atoms with Gasteiger partial charge < -0.3 is 15.8 Å². The Bertz CT molecular complexity index is 1230. The molecule has 4 rings (SSSR count). The number of carbonyl (C=O) groups is 2. The van der Waals surface area contributed by atoms with E-state index in [1.54, 1.807) is 6.07 Å². The summed E-state index contributed by atoms with van der Waals surface area (Å²) in [5.74, 6) is -0.779. The number of carbonyl (C=O) groups excluding carboxylic acids is 2. The first-order valence-electron chi connectivity index (χ1n) is 11.8. The summed E-state index contributed by atoms with van der Waals surface area (Å²) in [7, 11) is 1.39. The molecule has 8 heteroatoms. The van der Waals surface area contributed by atoms with E-state index in [1.165, 1.54) is 11.8 Å². The lowest BCUT2D eigenvalue weighted by Gasteiger charge is -2.27. The Morgan fingerprint density at radius 1 is 1.03 bits per heavy atom. The van der Waals surface area contributed by atoms with Gasteiger partial charge in [0.25, 0.3) is 11.5 Å². The molecule has 182 valence electrons. The Morgan fingerprint density at radius 3 is 2.34 bits per heavy atom. The van der Waals surface area contributed by atoms with E-state index in [0.717, 1.165) is 16.7 Å². The van der Waals surface area contributed by atoms with Crippen molar-refractivity contribution in [3.8, 4) is 11.3 Å². The van der Waals surface area contributed by atoms with Gasteiger partial charge in [0, 0.05) is 18.2 Å². The molecule has 8 nitrogen and oxygen atoms in total. The second-order valence-corrected chi connectivity index (χ2v) is 8.84. The molecule has 3 aromatic rings. The Labute approximate surface area is 204 Å². The molecule has 0 spiro atoms. The molecule has 1 saturated carbocycles. The molecule has 0 unspecified atom stereocenters. The van der Waals surface area contributed by atoms with Crippen LogP contribution in [0.1, 0.15) is 47.2 Å². The maximum absolute atomic E-state index is 13.3. The maximum Gasteiger partial charge on any atom is 0.308 e. The Balaban J connectivity index is 1.61. The van der Waals surface area contributed by atoms with Crippen molar-refractivity contribution in [3.05, 3.63) is 87.7 Å². The van der Waals surface area contributed by atoms with Gasteiger partial charge in [-0.15, -0.1) is 0 Å². The van der Waals surface area contributed by atoms with Gasteiger partial charge in [-0.3, -0.25) is 14.4 Å². The van der Waals surface area contributed by atoms with Gasteiger partial charge >= 0.3 is 5.97 Å². The predicted octanol–water partition coefficient (Wildman–Crippen LogP) is 2.88. The molecule has 35 heavy (non-hydrogen) atoms. The van der Waals surface area contributed by atoms with E-state index in [-0.39, 0.29) is 30.0 Å². The van der Waals surface area contributed by atoms with Crippen LogP contribution in [0, 0.1) is 5.92 Å². The lowest BCUT2D eigenvalue weighted by atomic mass is 9.86. The van der Waals surface area contributed by atoms with Gasteiger partial charge in [-0.25, -0.2) is 4.68 Å². The number of hydrogen-bond donors (Lipinski definition) is 2. The number of hydrogen-bond acceptors (Lipinski definition) is 6. The monoisotopic (exact) mass is 474 g/mol. The average Bonchev–Trinajstić information content (AvgIpc) is 2.90. The minimum Gasteiger partial charge on any atom is -0.469 e. The Morgan fingerprint density at radius 2 is 1.71 bits per heavy atom. The molecular formula is C27H30N4O4. The highest BCUT2D eigenvalue weighted by atomic mass is 16.5. The van der Waals surface area contributed by atoms with Gasteiger partial charge in [-0.2, -0.15) is 5.10 Å². The number of amides is 1. The minimum atomic E-state index is -0.447. The maximum atomic E-state index is 13.3. The van der Waals surface area contributed by atoms with Crippen LogP contribution < -0.4 is 16.6 Å². The van der Waals surface area contributed by atoms with Crippen LogP contribution >= 0.6 is 0 Å². The van der Waals surface area contributed by atoms with Crippen LogP contribution in [-0.2, 0) is 22.6 Å². The number of methoxy groups -OCH3 is 1. The van der Waals surface area contributed by atoms with Crippen LogP contribution in [0.3, 0.4) is 0 Å². The van der Waals surface area contributed by atoms with Crippen molar-refractivity contribution >= 4 is 11.9 Å². The number of rotatable bonds is 7. The van der Waals surface area contributed by atoms with Gasteiger partial charge in [0.2, 0.25) is 0 Å². The third kappa shape index (κ3) is 5.84. The quantitative estimate of drug-likeness (QED) is 0.509. The average molecular weight is 475 g/mol. The van der Waals surface area contributed by atoms with Crippen molar-refractivity contribution in [1.29, 1.82) is 0 Å². The fourth-order valence-electron chi connectivity index (χ4n) is 4.42. The van der Waals surface area contributed by atoms with E-state index >= 15 is 0 Å². The molecule has 0 radical (unpaired) electrons. The van der Waals surface area contributed by atoms with Crippen LogP contribution in [0.15, 0.2) is 65.5 Å². The zero-order chi connectivity index (χ0) is 24.8. The first kappa shape index (κ1) is 24.3. The summed E-state index contributed by atoms with van der Waals surface area (Å²) in [6.45, 7) is 0.673. The Kier molecular flexibility index (Phi) is 7.72. The van der Waals surface area contributed by atoms with Gasteiger partial charge in [-0.1, -0.05) is 54.6 Å². The number of nitrogens with zero attached hydrogens (tertiary/aromatic N) is 2. The molecule has 0 aliphatic heterocycles. The van der Waals surface area contributed by atoms with E-state index in [2.05, 4.69) is 10.4 Å². The number of nitrogens with one attached hydrogen (secondary N) is 1. The molecule has 1 aliphatic carbocycles. The number of aromatic nitrogens is 2. The summed E-state index contributed by atoms with van der Waals surface area (Å²) in [6, 6.07) is 18.6. The SMILES string of the molecule is COC(=O)C1CCC(NC(=O)c2cc(-c3ccc(CN)cc3)nn(Cc3ccccc3)c2=O)CC1. The zero-order valence-electron chi connectivity index (χ0n) is 19.8. The van der Waals surface area contributed by atoms with Gasteiger partial charge in [0.1, 0.15) is 5.56 Å². The van der Waals surface area contributed by atoms with Gasteiger partial charge in [-0.05, 0) is 42.9 Å². The first-order valence-corrected chi connectivity index (χ1v) is 11.8. The zero-order valence-corrected chi connectivity index (χ0v) is 19.8. The van der Waals surface area contributed by atoms with E-state index in [0.29, 0.717) is 37.9 Å². The molecular weight excluding hydrogens is 444 g/mol. The Hall–Kier alpha value is -3.78. The minimum absolute atomic E-state index is 0.0453. The van der Waals surface area contributed by atoms with E-state index < -0.39 is 11.5 Å².